The Morgan fingerprint density at radius 3 is 2.47 bits per heavy atom. The third kappa shape index (κ3) is 3.36. The van der Waals surface area contributed by atoms with Gasteiger partial charge in [-0.3, -0.25) is 9.59 Å². The summed E-state index contributed by atoms with van der Waals surface area (Å²) in [6, 6.07) is 5.30. The Balaban J connectivity index is 1.28. The van der Waals surface area contributed by atoms with E-state index >= 15 is 0 Å². The molecule has 0 aromatic heterocycles. The third-order valence-corrected chi connectivity index (χ3v) is 8.85. The van der Waals surface area contributed by atoms with Gasteiger partial charge in [0, 0.05) is 37.3 Å². The molecular formula is C22H27N3O4S. The van der Waals surface area contributed by atoms with Crippen LogP contribution in [0, 0.1) is 17.8 Å². The Bertz CT molecular complexity index is 1000. The minimum atomic E-state index is -3.56. The van der Waals surface area contributed by atoms with E-state index in [-0.39, 0.29) is 35.6 Å². The molecule has 4 aliphatic rings. The van der Waals surface area contributed by atoms with Crippen molar-refractivity contribution in [3.8, 4) is 0 Å². The standard InChI is InChI=1S/C22H27N3O4S/c1-2-21(26)23-18-9-16-12-24(13-17(16)10-18)30(28,29)19-5-6-20-15(11-19)7-8-25(20)22(27)14-3-4-14/h2,5-6,11,14,16-18H,1,3-4,7-10,12-13H2,(H,23,26). The van der Waals surface area contributed by atoms with Crippen LogP contribution in [-0.4, -0.2) is 50.2 Å². The van der Waals surface area contributed by atoms with Crippen LogP contribution in [0.4, 0.5) is 5.69 Å². The first kappa shape index (κ1) is 19.8. The third-order valence-electron chi connectivity index (χ3n) is 7.03. The molecule has 2 unspecified atom stereocenters. The summed E-state index contributed by atoms with van der Waals surface area (Å²) in [6.45, 7) is 5.11. The smallest absolute Gasteiger partial charge is 0.243 e. The minimum Gasteiger partial charge on any atom is -0.350 e. The number of hydrogen-bond donors (Lipinski definition) is 1. The zero-order chi connectivity index (χ0) is 21.0. The summed E-state index contributed by atoms with van der Waals surface area (Å²) >= 11 is 0. The first-order valence-corrected chi connectivity index (χ1v) is 12.2. The fourth-order valence-corrected chi connectivity index (χ4v) is 6.90. The Morgan fingerprint density at radius 1 is 1.13 bits per heavy atom. The summed E-state index contributed by atoms with van der Waals surface area (Å²) in [7, 11) is -3.56. The van der Waals surface area contributed by atoms with E-state index in [0.29, 0.717) is 31.0 Å². The fraction of sp³-hybridized carbons (Fsp3) is 0.545. The highest BCUT2D eigenvalue weighted by atomic mass is 32.2. The quantitative estimate of drug-likeness (QED) is 0.722. The molecule has 1 saturated heterocycles. The lowest BCUT2D eigenvalue weighted by molar-refractivity contribution is -0.119. The van der Waals surface area contributed by atoms with Crippen molar-refractivity contribution in [2.45, 2.75) is 43.0 Å². The van der Waals surface area contributed by atoms with Gasteiger partial charge < -0.3 is 10.2 Å². The van der Waals surface area contributed by atoms with Crippen molar-refractivity contribution in [3.63, 3.8) is 0 Å². The van der Waals surface area contributed by atoms with Crippen molar-refractivity contribution >= 4 is 27.5 Å². The lowest BCUT2D eigenvalue weighted by Gasteiger charge is -2.21. The number of amides is 2. The van der Waals surface area contributed by atoms with Crippen molar-refractivity contribution in [3.05, 3.63) is 36.4 Å². The molecule has 5 rings (SSSR count). The van der Waals surface area contributed by atoms with Gasteiger partial charge in [0.2, 0.25) is 21.8 Å². The molecule has 2 atom stereocenters. The van der Waals surface area contributed by atoms with Crippen LogP contribution < -0.4 is 10.2 Å². The van der Waals surface area contributed by atoms with Gasteiger partial charge in [0.05, 0.1) is 4.90 Å². The minimum absolute atomic E-state index is 0.102. The molecule has 1 aromatic carbocycles. The number of sulfonamides is 1. The second-order valence-electron chi connectivity index (χ2n) is 9.03. The van der Waals surface area contributed by atoms with E-state index < -0.39 is 10.0 Å². The van der Waals surface area contributed by atoms with Crippen molar-refractivity contribution in [1.29, 1.82) is 0 Å². The van der Waals surface area contributed by atoms with Gasteiger partial charge in [-0.25, -0.2) is 8.42 Å². The monoisotopic (exact) mass is 429 g/mol. The molecule has 0 radical (unpaired) electrons. The summed E-state index contributed by atoms with van der Waals surface area (Å²) < 4.78 is 28.1. The molecule has 3 fully saturated rings. The molecule has 2 amide bonds. The number of rotatable bonds is 5. The average Bonchev–Trinajstić information content (AvgIpc) is 3.20. The summed E-state index contributed by atoms with van der Waals surface area (Å²) in [6.07, 6.45) is 5.52. The molecule has 0 bridgehead atoms. The number of carbonyl (C=O) groups is 2. The van der Waals surface area contributed by atoms with Gasteiger partial charge in [0.25, 0.3) is 0 Å². The largest absolute Gasteiger partial charge is 0.350 e. The van der Waals surface area contributed by atoms with Crippen LogP contribution in [0.1, 0.15) is 31.2 Å². The van der Waals surface area contributed by atoms with Gasteiger partial charge in [-0.2, -0.15) is 4.31 Å². The summed E-state index contributed by atoms with van der Waals surface area (Å²) in [4.78, 5) is 26.1. The van der Waals surface area contributed by atoms with E-state index in [4.69, 9.17) is 0 Å². The molecule has 2 aliphatic heterocycles. The Morgan fingerprint density at radius 2 is 1.83 bits per heavy atom. The average molecular weight is 430 g/mol. The number of fused-ring (bicyclic) bond motifs is 2. The Kier molecular flexibility index (Phi) is 4.74. The zero-order valence-corrected chi connectivity index (χ0v) is 17.7. The molecule has 30 heavy (non-hydrogen) atoms. The van der Waals surface area contributed by atoms with Crippen LogP contribution in [0.5, 0.6) is 0 Å². The Labute approximate surface area is 177 Å². The zero-order valence-electron chi connectivity index (χ0n) is 16.9. The maximum Gasteiger partial charge on any atom is 0.243 e. The van der Waals surface area contributed by atoms with Gasteiger partial charge >= 0.3 is 0 Å². The molecule has 8 heteroatoms. The van der Waals surface area contributed by atoms with Gasteiger partial charge in [-0.15, -0.1) is 0 Å². The molecule has 160 valence electrons. The summed E-state index contributed by atoms with van der Waals surface area (Å²) in [5.41, 5.74) is 1.81. The van der Waals surface area contributed by atoms with Crippen LogP contribution in [0.2, 0.25) is 0 Å². The molecule has 1 N–H and O–H groups in total. The van der Waals surface area contributed by atoms with Crippen molar-refractivity contribution in [2.75, 3.05) is 24.5 Å². The number of anilines is 1. The highest BCUT2D eigenvalue weighted by Crippen LogP contribution is 2.41. The highest BCUT2D eigenvalue weighted by molar-refractivity contribution is 7.89. The van der Waals surface area contributed by atoms with E-state index in [1.54, 1.807) is 22.5 Å². The van der Waals surface area contributed by atoms with Gasteiger partial charge in [0.15, 0.2) is 0 Å². The van der Waals surface area contributed by atoms with Crippen LogP contribution in [0.3, 0.4) is 0 Å². The summed E-state index contributed by atoms with van der Waals surface area (Å²) in [5, 5.41) is 2.94. The fourth-order valence-electron chi connectivity index (χ4n) is 5.30. The van der Waals surface area contributed by atoms with Gasteiger partial charge in [-0.05, 0) is 73.8 Å². The Hall–Kier alpha value is -2.19. The number of benzene rings is 1. The number of carbonyl (C=O) groups excluding carboxylic acids is 2. The van der Waals surface area contributed by atoms with Gasteiger partial charge in [0.1, 0.15) is 0 Å². The molecule has 2 aliphatic carbocycles. The second kappa shape index (κ2) is 7.20. The van der Waals surface area contributed by atoms with E-state index in [2.05, 4.69) is 11.9 Å². The molecule has 0 spiro atoms. The van der Waals surface area contributed by atoms with Crippen LogP contribution in [0.15, 0.2) is 35.7 Å². The molecule has 2 saturated carbocycles. The highest BCUT2D eigenvalue weighted by Gasteiger charge is 2.45. The number of hydrogen-bond acceptors (Lipinski definition) is 4. The lowest BCUT2D eigenvalue weighted by atomic mass is 10.0. The van der Waals surface area contributed by atoms with E-state index in [1.807, 2.05) is 4.90 Å². The number of nitrogens with zero attached hydrogens (tertiary/aromatic N) is 2. The first-order chi connectivity index (χ1) is 14.4. The predicted molar refractivity (Wildman–Crippen MR) is 112 cm³/mol. The molecular weight excluding hydrogens is 402 g/mol. The van der Waals surface area contributed by atoms with Crippen LogP contribution >= 0.6 is 0 Å². The van der Waals surface area contributed by atoms with E-state index in [0.717, 1.165) is 36.9 Å². The normalized spacial score (nSPS) is 28.3. The molecule has 1 aromatic rings. The topological polar surface area (TPSA) is 86.8 Å². The lowest BCUT2D eigenvalue weighted by Crippen LogP contribution is -2.35. The SMILES string of the molecule is C=CC(=O)NC1CC2CN(S(=O)(=O)c3ccc4c(c3)CCN4C(=O)C3CC3)CC2C1. The van der Waals surface area contributed by atoms with Crippen molar-refractivity contribution < 1.29 is 18.0 Å². The van der Waals surface area contributed by atoms with E-state index in [1.165, 1.54) is 6.08 Å². The molecule has 2 heterocycles. The number of nitrogens with one attached hydrogen (secondary N) is 1. The second-order valence-corrected chi connectivity index (χ2v) is 11.0. The maximum atomic E-state index is 13.3. The summed E-state index contributed by atoms with van der Waals surface area (Å²) in [5.74, 6) is 0.710. The molecule has 7 nitrogen and oxygen atoms in total. The van der Waals surface area contributed by atoms with Crippen LogP contribution in [0.25, 0.3) is 0 Å². The maximum absolute atomic E-state index is 13.3. The van der Waals surface area contributed by atoms with Crippen molar-refractivity contribution in [1.82, 2.24) is 9.62 Å². The van der Waals surface area contributed by atoms with E-state index in [9.17, 15) is 18.0 Å². The first-order valence-electron chi connectivity index (χ1n) is 10.7. The van der Waals surface area contributed by atoms with Crippen molar-refractivity contribution in [2.24, 2.45) is 17.8 Å². The van der Waals surface area contributed by atoms with Crippen LogP contribution in [-0.2, 0) is 26.0 Å². The van der Waals surface area contributed by atoms with Gasteiger partial charge in [-0.1, -0.05) is 6.58 Å². The predicted octanol–water partition coefficient (Wildman–Crippen LogP) is 1.69.